The van der Waals surface area contributed by atoms with Crippen molar-refractivity contribution >= 4 is 23.2 Å². The Labute approximate surface area is 262 Å². The molecule has 2 unspecified atom stereocenters. The smallest absolute Gasteiger partial charge is 0.419 e. The molecule has 2 amide bonds. The zero-order valence-corrected chi connectivity index (χ0v) is 27.8. The van der Waals surface area contributed by atoms with Gasteiger partial charge in [0.15, 0.2) is 0 Å². The van der Waals surface area contributed by atoms with E-state index in [1.165, 1.54) is 44.9 Å². The van der Waals surface area contributed by atoms with Crippen LogP contribution in [0.2, 0.25) is 0 Å². The van der Waals surface area contributed by atoms with Crippen molar-refractivity contribution < 1.29 is 19.1 Å². The van der Waals surface area contributed by atoms with E-state index in [0.29, 0.717) is 6.54 Å². The molecule has 2 heterocycles. The molecular weight excluding hydrogens is 558 g/mol. The molecule has 2 N–H and O–H groups in total. The third kappa shape index (κ3) is 8.87. The Morgan fingerprint density at radius 2 is 1.45 bits per heavy atom. The van der Waals surface area contributed by atoms with Crippen LogP contribution >= 0.6 is 0 Å². The molecule has 10 nitrogen and oxygen atoms in total. The number of hydrogen-bond acceptors (Lipinski definition) is 7. The van der Waals surface area contributed by atoms with Gasteiger partial charge in [-0.2, -0.15) is 0 Å². The lowest BCUT2D eigenvalue weighted by atomic mass is 9.88. The van der Waals surface area contributed by atoms with Gasteiger partial charge in [-0.3, -0.25) is 9.13 Å². The molecule has 0 radical (unpaired) electrons. The van der Waals surface area contributed by atoms with Crippen molar-refractivity contribution in [3.63, 3.8) is 0 Å². The van der Waals surface area contributed by atoms with E-state index in [9.17, 15) is 14.4 Å². The zero-order valence-electron chi connectivity index (χ0n) is 27.8. The second-order valence-corrected chi connectivity index (χ2v) is 14.7. The van der Waals surface area contributed by atoms with Crippen LogP contribution in [-0.4, -0.2) is 75.0 Å². The summed E-state index contributed by atoms with van der Waals surface area (Å²) in [6, 6.07) is 7.71. The topological polar surface area (TPSA) is 112 Å². The lowest BCUT2D eigenvalue weighted by molar-refractivity contribution is 0.000865. The number of imidazole rings is 1. The van der Waals surface area contributed by atoms with Gasteiger partial charge in [-0.25, -0.2) is 19.3 Å². The Balaban J connectivity index is 1.56. The lowest BCUT2D eigenvalue weighted by Crippen LogP contribution is -2.48. The van der Waals surface area contributed by atoms with E-state index in [0.717, 1.165) is 47.9 Å². The van der Waals surface area contributed by atoms with Crippen molar-refractivity contribution in [3.05, 3.63) is 34.7 Å². The summed E-state index contributed by atoms with van der Waals surface area (Å²) in [4.78, 5) is 43.9. The van der Waals surface area contributed by atoms with E-state index in [1.807, 2.05) is 28.8 Å². The molecule has 1 saturated heterocycles. The van der Waals surface area contributed by atoms with Crippen molar-refractivity contribution in [1.29, 1.82) is 0 Å². The predicted molar refractivity (Wildman–Crippen MR) is 174 cm³/mol. The highest BCUT2D eigenvalue weighted by Gasteiger charge is 2.35. The molecule has 2 fully saturated rings. The fourth-order valence-electron chi connectivity index (χ4n) is 6.78. The average Bonchev–Trinajstić information content (AvgIpc) is 3.19. The molecule has 1 saturated carbocycles. The summed E-state index contributed by atoms with van der Waals surface area (Å²) in [5.74, 6) is 0.891. The quantitative estimate of drug-likeness (QED) is 0.398. The maximum absolute atomic E-state index is 14.1. The normalized spacial score (nSPS) is 21.1. The van der Waals surface area contributed by atoms with Crippen LogP contribution in [-0.2, 0) is 16.0 Å². The third-order valence-corrected chi connectivity index (χ3v) is 8.80. The Morgan fingerprint density at radius 3 is 2.02 bits per heavy atom. The number of carbonyl (C=O) groups excluding carboxylic acids is 2. The third-order valence-electron chi connectivity index (χ3n) is 8.80. The van der Waals surface area contributed by atoms with Crippen LogP contribution < -0.4 is 11.4 Å². The summed E-state index contributed by atoms with van der Waals surface area (Å²) < 4.78 is 14.6. The monoisotopic (exact) mass is 613 g/mol. The molecule has 0 spiro atoms. The molecule has 1 aromatic heterocycles. The van der Waals surface area contributed by atoms with Crippen LogP contribution in [0.25, 0.3) is 11.0 Å². The maximum atomic E-state index is 14.1. The van der Waals surface area contributed by atoms with E-state index >= 15 is 0 Å². The molecule has 44 heavy (non-hydrogen) atoms. The van der Waals surface area contributed by atoms with E-state index in [-0.39, 0.29) is 30.7 Å². The number of piperidine rings is 1. The molecule has 4 rings (SSSR count). The number of aromatic nitrogens is 2. The number of benzene rings is 1. The molecule has 2 aromatic rings. The Bertz CT molecular complexity index is 1280. The minimum atomic E-state index is -0.802. The first kappa shape index (κ1) is 34.0. The summed E-state index contributed by atoms with van der Waals surface area (Å²) in [5.41, 5.74) is 6.23. The van der Waals surface area contributed by atoms with Gasteiger partial charge in [0.1, 0.15) is 11.2 Å². The van der Waals surface area contributed by atoms with E-state index in [1.54, 1.807) is 46.1 Å². The van der Waals surface area contributed by atoms with Crippen molar-refractivity contribution in [2.75, 3.05) is 32.7 Å². The van der Waals surface area contributed by atoms with Crippen molar-refractivity contribution in [1.82, 2.24) is 18.9 Å². The summed E-state index contributed by atoms with van der Waals surface area (Å²) in [6.07, 6.45) is 8.60. The number of nitrogens with zero attached hydrogens (tertiary/aromatic N) is 4. The predicted octanol–water partition coefficient (Wildman–Crippen LogP) is 6.16. The number of nitrogens with two attached hydrogens (primary N) is 1. The van der Waals surface area contributed by atoms with Gasteiger partial charge in [0.05, 0.1) is 17.6 Å². The number of fused-ring (bicyclic) bond motifs is 1. The molecule has 10 heteroatoms. The van der Waals surface area contributed by atoms with Crippen LogP contribution in [0, 0.1) is 11.8 Å². The number of ether oxygens (including phenoxy) is 2. The summed E-state index contributed by atoms with van der Waals surface area (Å²) in [6.45, 7) is 13.9. The molecule has 0 bridgehead atoms. The Hall–Kier alpha value is -2.85. The number of likely N-dealkylation sites (tertiary alicyclic amines) is 1. The number of para-hydroxylation sites is 2. The first-order valence-electron chi connectivity index (χ1n) is 16.6. The Kier molecular flexibility index (Phi) is 11.2. The second kappa shape index (κ2) is 14.5. The van der Waals surface area contributed by atoms with Gasteiger partial charge in [-0.1, -0.05) is 44.2 Å². The fourth-order valence-corrected chi connectivity index (χ4v) is 6.78. The van der Waals surface area contributed by atoms with E-state index < -0.39 is 23.4 Å². The van der Waals surface area contributed by atoms with Crippen molar-refractivity contribution in [2.24, 2.45) is 17.6 Å². The van der Waals surface area contributed by atoms with Gasteiger partial charge in [-0.05, 0) is 85.4 Å². The van der Waals surface area contributed by atoms with Gasteiger partial charge >= 0.3 is 17.9 Å². The molecule has 2 aliphatic rings. The van der Waals surface area contributed by atoms with Crippen LogP contribution in [0.5, 0.6) is 0 Å². The number of amides is 2. The molecule has 1 aliphatic heterocycles. The minimum absolute atomic E-state index is 0.0277. The van der Waals surface area contributed by atoms with Crippen molar-refractivity contribution in [2.45, 2.75) is 117 Å². The number of carbonyl (C=O) groups is 2. The zero-order chi connectivity index (χ0) is 32.1. The van der Waals surface area contributed by atoms with Crippen LogP contribution in [0.4, 0.5) is 9.59 Å². The molecule has 1 aromatic carbocycles. The van der Waals surface area contributed by atoms with Crippen LogP contribution in [0.3, 0.4) is 0 Å². The molecular formula is C34H55N5O5. The Morgan fingerprint density at radius 1 is 0.886 bits per heavy atom. The number of hydrogen-bond donors (Lipinski definition) is 1. The highest BCUT2D eigenvalue weighted by Crippen LogP contribution is 2.32. The van der Waals surface area contributed by atoms with E-state index in [4.69, 9.17) is 15.2 Å². The largest absolute Gasteiger partial charge is 0.443 e. The minimum Gasteiger partial charge on any atom is -0.443 e. The molecule has 246 valence electrons. The van der Waals surface area contributed by atoms with Crippen molar-refractivity contribution in [3.8, 4) is 0 Å². The summed E-state index contributed by atoms with van der Waals surface area (Å²) in [5, 5.41) is 0. The first-order valence-corrected chi connectivity index (χ1v) is 16.6. The SMILES string of the molecule is CC(C)(C)OC(=O)N(CCn1c(=O)n(C2CCN(CC3CCCCCCC3)CC2CN)c2ccccc21)C(=O)OC(C)(C)C. The van der Waals surface area contributed by atoms with Gasteiger partial charge in [0, 0.05) is 38.1 Å². The average molecular weight is 614 g/mol. The van der Waals surface area contributed by atoms with Crippen LogP contribution in [0.15, 0.2) is 29.1 Å². The second-order valence-electron chi connectivity index (χ2n) is 14.7. The first-order chi connectivity index (χ1) is 20.8. The highest BCUT2D eigenvalue weighted by molar-refractivity contribution is 5.88. The summed E-state index contributed by atoms with van der Waals surface area (Å²) in [7, 11) is 0. The van der Waals surface area contributed by atoms with Gasteiger partial charge in [0.2, 0.25) is 0 Å². The van der Waals surface area contributed by atoms with Gasteiger partial charge in [-0.15, -0.1) is 0 Å². The van der Waals surface area contributed by atoms with E-state index in [2.05, 4.69) is 4.90 Å². The van der Waals surface area contributed by atoms with Crippen LogP contribution in [0.1, 0.15) is 99.0 Å². The standard InChI is InChI=1S/C34H55N5O5/c1-33(2,3)43-31(41)38(32(42)44-34(4,5)6)21-20-37-28-16-12-13-17-29(28)39(30(37)40)27-18-19-36(24-26(27)22-35)23-25-14-10-8-7-9-11-15-25/h12-13,16-17,25-27H,7-11,14-15,18-24,35H2,1-6H3. The molecule has 1 aliphatic carbocycles. The maximum Gasteiger partial charge on any atom is 0.419 e. The van der Waals surface area contributed by atoms with Gasteiger partial charge in [0.25, 0.3) is 0 Å². The number of rotatable bonds is 7. The summed E-state index contributed by atoms with van der Waals surface area (Å²) >= 11 is 0. The number of imide groups is 1. The lowest BCUT2D eigenvalue weighted by Gasteiger charge is -2.40. The fraction of sp³-hybridized carbons (Fsp3) is 0.735. The van der Waals surface area contributed by atoms with Gasteiger partial charge < -0.3 is 20.1 Å². The molecule has 2 atom stereocenters. The highest BCUT2D eigenvalue weighted by atomic mass is 16.6.